The molecule has 0 heterocycles. The highest BCUT2D eigenvalue weighted by atomic mass is 19.1. The fraction of sp³-hybridized carbons (Fsp3) is 0.417. The van der Waals surface area contributed by atoms with Gasteiger partial charge in [0, 0.05) is 12.6 Å². The highest BCUT2D eigenvalue weighted by Crippen LogP contribution is 2.23. The molecule has 1 amide bonds. The lowest BCUT2D eigenvalue weighted by molar-refractivity contribution is -0.123. The Bertz CT molecular complexity index is 413. The SMILES string of the molecule is CC(C)NC(=O)COc1c(F)cc(CN)cc1F. The van der Waals surface area contributed by atoms with E-state index in [9.17, 15) is 13.6 Å². The number of carbonyl (C=O) groups is 1. The van der Waals surface area contributed by atoms with Crippen LogP contribution in [0.4, 0.5) is 8.78 Å². The fourth-order valence-electron chi connectivity index (χ4n) is 1.37. The number of carbonyl (C=O) groups excluding carboxylic acids is 1. The smallest absolute Gasteiger partial charge is 0.258 e. The van der Waals surface area contributed by atoms with Crippen LogP contribution in [0.5, 0.6) is 5.75 Å². The van der Waals surface area contributed by atoms with E-state index < -0.39 is 29.9 Å². The minimum atomic E-state index is -0.868. The van der Waals surface area contributed by atoms with Crippen LogP contribution in [-0.2, 0) is 11.3 Å². The molecule has 1 rings (SSSR count). The summed E-state index contributed by atoms with van der Waals surface area (Å²) < 4.78 is 31.7. The van der Waals surface area contributed by atoms with E-state index in [2.05, 4.69) is 5.32 Å². The standard InChI is InChI=1S/C12H16F2N2O2/c1-7(2)16-11(17)6-18-12-9(13)3-8(5-15)4-10(12)14/h3-4,7H,5-6,15H2,1-2H3,(H,16,17). The Kier molecular flexibility index (Phi) is 5.03. The second kappa shape index (κ2) is 6.30. The first-order valence-corrected chi connectivity index (χ1v) is 5.54. The molecule has 1 aromatic rings. The van der Waals surface area contributed by atoms with Gasteiger partial charge in [0.1, 0.15) is 0 Å². The lowest BCUT2D eigenvalue weighted by Gasteiger charge is -2.11. The fourth-order valence-corrected chi connectivity index (χ4v) is 1.37. The lowest BCUT2D eigenvalue weighted by atomic mass is 10.2. The molecule has 1 aromatic carbocycles. The van der Waals surface area contributed by atoms with Crippen LogP contribution < -0.4 is 15.8 Å². The summed E-state index contributed by atoms with van der Waals surface area (Å²) in [5.74, 6) is -2.74. The van der Waals surface area contributed by atoms with Gasteiger partial charge in [-0.05, 0) is 31.5 Å². The number of rotatable bonds is 5. The van der Waals surface area contributed by atoms with Gasteiger partial charge in [-0.25, -0.2) is 8.78 Å². The van der Waals surface area contributed by atoms with E-state index in [0.29, 0.717) is 5.56 Å². The highest BCUT2D eigenvalue weighted by molar-refractivity contribution is 5.77. The third-order valence-electron chi connectivity index (χ3n) is 2.09. The van der Waals surface area contributed by atoms with E-state index >= 15 is 0 Å². The molecule has 0 atom stereocenters. The second-order valence-corrected chi connectivity index (χ2v) is 4.10. The Balaban J connectivity index is 2.70. The van der Waals surface area contributed by atoms with Crippen molar-refractivity contribution in [2.45, 2.75) is 26.4 Å². The molecule has 6 heteroatoms. The zero-order valence-corrected chi connectivity index (χ0v) is 10.3. The van der Waals surface area contributed by atoms with Gasteiger partial charge in [-0.15, -0.1) is 0 Å². The normalized spacial score (nSPS) is 10.6. The van der Waals surface area contributed by atoms with Crippen molar-refractivity contribution in [3.05, 3.63) is 29.3 Å². The Morgan fingerprint density at radius 1 is 1.39 bits per heavy atom. The molecule has 100 valence electrons. The van der Waals surface area contributed by atoms with Crippen molar-refractivity contribution in [2.75, 3.05) is 6.61 Å². The summed E-state index contributed by atoms with van der Waals surface area (Å²) in [4.78, 5) is 11.3. The molecule has 0 bridgehead atoms. The van der Waals surface area contributed by atoms with Crippen LogP contribution in [-0.4, -0.2) is 18.6 Å². The summed E-state index contributed by atoms with van der Waals surface area (Å²) in [6.07, 6.45) is 0. The van der Waals surface area contributed by atoms with Gasteiger partial charge < -0.3 is 15.8 Å². The predicted molar refractivity (Wildman–Crippen MR) is 63.0 cm³/mol. The highest BCUT2D eigenvalue weighted by Gasteiger charge is 2.14. The van der Waals surface area contributed by atoms with Gasteiger partial charge in [0.25, 0.3) is 5.91 Å². The van der Waals surface area contributed by atoms with Crippen molar-refractivity contribution in [3.8, 4) is 5.75 Å². The predicted octanol–water partition coefficient (Wildman–Crippen LogP) is 1.33. The van der Waals surface area contributed by atoms with Gasteiger partial charge >= 0.3 is 0 Å². The topological polar surface area (TPSA) is 64.3 Å². The molecule has 0 aliphatic rings. The van der Waals surface area contributed by atoms with E-state index in [1.54, 1.807) is 13.8 Å². The van der Waals surface area contributed by atoms with E-state index in [1.165, 1.54) is 0 Å². The summed E-state index contributed by atoms with van der Waals surface area (Å²) in [5.41, 5.74) is 5.60. The molecule has 4 nitrogen and oxygen atoms in total. The van der Waals surface area contributed by atoms with Crippen molar-refractivity contribution < 1.29 is 18.3 Å². The summed E-state index contributed by atoms with van der Waals surface area (Å²) in [6.45, 7) is 3.14. The molecule has 0 unspecified atom stereocenters. The maximum atomic E-state index is 13.5. The quantitative estimate of drug-likeness (QED) is 0.837. The Morgan fingerprint density at radius 3 is 2.39 bits per heavy atom. The van der Waals surface area contributed by atoms with E-state index in [1.807, 2.05) is 0 Å². The molecule has 3 N–H and O–H groups in total. The number of nitrogens with two attached hydrogens (primary N) is 1. The van der Waals surface area contributed by atoms with Crippen molar-refractivity contribution in [1.29, 1.82) is 0 Å². The molecular weight excluding hydrogens is 242 g/mol. The molecule has 0 radical (unpaired) electrons. The Labute approximate surface area is 104 Å². The number of nitrogens with one attached hydrogen (secondary N) is 1. The van der Waals surface area contributed by atoms with Crippen LogP contribution in [0.2, 0.25) is 0 Å². The molecule has 0 aliphatic heterocycles. The average Bonchev–Trinajstić information content (AvgIpc) is 2.26. The second-order valence-electron chi connectivity index (χ2n) is 4.10. The Morgan fingerprint density at radius 2 is 1.94 bits per heavy atom. The van der Waals surface area contributed by atoms with Crippen molar-refractivity contribution in [3.63, 3.8) is 0 Å². The maximum absolute atomic E-state index is 13.5. The van der Waals surface area contributed by atoms with E-state index in [0.717, 1.165) is 12.1 Å². The zero-order chi connectivity index (χ0) is 13.7. The molecule has 0 saturated carbocycles. The Hall–Kier alpha value is -1.69. The average molecular weight is 258 g/mol. The number of ether oxygens (including phenoxy) is 1. The van der Waals surface area contributed by atoms with Crippen LogP contribution in [0, 0.1) is 11.6 Å². The summed E-state index contributed by atoms with van der Waals surface area (Å²) in [6, 6.07) is 2.10. The minimum absolute atomic E-state index is 0.0297. The van der Waals surface area contributed by atoms with Crippen LogP contribution in [0.3, 0.4) is 0 Å². The van der Waals surface area contributed by atoms with Gasteiger partial charge in [-0.3, -0.25) is 4.79 Å². The minimum Gasteiger partial charge on any atom is -0.478 e. The number of amides is 1. The van der Waals surface area contributed by atoms with Crippen LogP contribution in [0.1, 0.15) is 19.4 Å². The first-order valence-electron chi connectivity index (χ1n) is 5.54. The van der Waals surface area contributed by atoms with Gasteiger partial charge in [-0.1, -0.05) is 0 Å². The molecule has 0 aliphatic carbocycles. The van der Waals surface area contributed by atoms with Gasteiger partial charge in [0.15, 0.2) is 24.0 Å². The molecule has 0 aromatic heterocycles. The van der Waals surface area contributed by atoms with E-state index in [-0.39, 0.29) is 12.6 Å². The largest absolute Gasteiger partial charge is 0.478 e. The molecule has 0 spiro atoms. The van der Waals surface area contributed by atoms with Crippen LogP contribution >= 0.6 is 0 Å². The molecule has 0 saturated heterocycles. The van der Waals surface area contributed by atoms with Gasteiger partial charge in [-0.2, -0.15) is 0 Å². The molecule has 0 fully saturated rings. The van der Waals surface area contributed by atoms with Gasteiger partial charge in [0.05, 0.1) is 0 Å². The third-order valence-corrected chi connectivity index (χ3v) is 2.09. The van der Waals surface area contributed by atoms with Crippen molar-refractivity contribution in [1.82, 2.24) is 5.32 Å². The number of hydrogen-bond donors (Lipinski definition) is 2. The van der Waals surface area contributed by atoms with Crippen molar-refractivity contribution >= 4 is 5.91 Å². The van der Waals surface area contributed by atoms with E-state index in [4.69, 9.17) is 10.5 Å². The summed E-state index contributed by atoms with van der Waals surface area (Å²) in [7, 11) is 0. The van der Waals surface area contributed by atoms with Crippen LogP contribution in [0.25, 0.3) is 0 Å². The monoisotopic (exact) mass is 258 g/mol. The molecular formula is C12H16F2N2O2. The first-order chi connectivity index (χ1) is 8.43. The number of benzene rings is 1. The number of hydrogen-bond acceptors (Lipinski definition) is 3. The van der Waals surface area contributed by atoms with Gasteiger partial charge in [0.2, 0.25) is 0 Å². The summed E-state index contributed by atoms with van der Waals surface area (Å²) >= 11 is 0. The first kappa shape index (κ1) is 14.4. The lowest BCUT2D eigenvalue weighted by Crippen LogP contribution is -2.34. The zero-order valence-electron chi connectivity index (χ0n) is 10.3. The maximum Gasteiger partial charge on any atom is 0.258 e. The number of halogens is 2. The van der Waals surface area contributed by atoms with Crippen LogP contribution in [0.15, 0.2) is 12.1 Å². The third kappa shape index (κ3) is 3.96. The molecule has 18 heavy (non-hydrogen) atoms. The van der Waals surface area contributed by atoms with Crippen molar-refractivity contribution in [2.24, 2.45) is 5.73 Å². The summed E-state index contributed by atoms with van der Waals surface area (Å²) in [5, 5.41) is 2.55.